The summed E-state index contributed by atoms with van der Waals surface area (Å²) in [5.41, 5.74) is 1.18. The van der Waals surface area contributed by atoms with Crippen LogP contribution in [0.2, 0.25) is 0 Å². The van der Waals surface area contributed by atoms with Crippen LogP contribution in [0.25, 0.3) is 20.7 Å². The zero-order valence-electron chi connectivity index (χ0n) is 15.4. The molecule has 0 aliphatic carbocycles. The maximum absolute atomic E-state index is 12.0. The first-order valence-corrected chi connectivity index (χ1v) is 9.64. The van der Waals surface area contributed by atoms with Crippen molar-refractivity contribution in [2.45, 2.75) is 20.3 Å². The number of nitrogens with zero attached hydrogens (tertiary/aromatic N) is 3. The van der Waals surface area contributed by atoms with Gasteiger partial charge in [0.25, 0.3) is 0 Å². The first kappa shape index (κ1) is 18.3. The Balaban J connectivity index is 1.75. The van der Waals surface area contributed by atoms with Crippen LogP contribution in [0, 0.1) is 5.92 Å². The van der Waals surface area contributed by atoms with Crippen LogP contribution in [0.15, 0.2) is 42.7 Å². The summed E-state index contributed by atoms with van der Waals surface area (Å²) in [7, 11) is 1.97. The number of fused-ring (bicyclic) bond motifs is 1. The molecule has 0 bridgehead atoms. The average molecular weight is 369 g/mol. The van der Waals surface area contributed by atoms with Gasteiger partial charge in [-0.2, -0.15) is 0 Å². The fraction of sp³-hybridized carbons (Fsp3) is 0.350. The fourth-order valence-corrected chi connectivity index (χ4v) is 3.67. The summed E-state index contributed by atoms with van der Waals surface area (Å²) in [6, 6.07) is 12.4. The molecule has 3 rings (SSSR count). The van der Waals surface area contributed by atoms with E-state index in [1.807, 2.05) is 30.1 Å². The summed E-state index contributed by atoms with van der Waals surface area (Å²) >= 11 is 1.66. The molecule has 0 fully saturated rings. The van der Waals surface area contributed by atoms with Gasteiger partial charge in [-0.15, -0.1) is 11.3 Å². The van der Waals surface area contributed by atoms with E-state index in [1.54, 1.807) is 17.7 Å². The third kappa shape index (κ3) is 4.38. The number of nitrogens with one attached hydrogen (secondary N) is 1. The van der Waals surface area contributed by atoms with Gasteiger partial charge in [-0.3, -0.25) is 4.79 Å². The van der Waals surface area contributed by atoms with Crippen molar-refractivity contribution in [1.29, 1.82) is 0 Å². The van der Waals surface area contributed by atoms with Gasteiger partial charge in [-0.25, -0.2) is 9.97 Å². The van der Waals surface area contributed by atoms with Crippen molar-refractivity contribution >= 4 is 33.3 Å². The number of amides is 1. The Morgan fingerprint density at radius 3 is 2.73 bits per heavy atom. The zero-order valence-corrected chi connectivity index (χ0v) is 16.2. The number of hydrogen-bond acceptors (Lipinski definition) is 5. The Morgan fingerprint density at radius 1 is 1.23 bits per heavy atom. The minimum Gasteiger partial charge on any atom is -0.359 e. The molecule has 0 radical (unpaired) electrons. The molecule has 1 amide bonds. The highest BCUT2D eigenvalue weighted by atomic mass is 32.1. The number of aromatic nitrogens is 2. The molecule has 0 unspecified atom stereocenters. The molecule has 1 aromatic carbocycles. The monoisotopic (exact) mass is 368 g/mol. The van der Waals surface area contributed by atoms with E-state index >= 15 is 0 Å². The lowest BCUT2D eigenvalue weighted by molar-refractivity contribution is -0.121. The van der Waals surface area contributed by atoms with E-state index in [1.165, 1.54) is 10.4 Å². The molecule has 0 atom stereocenters. The summed E-state index contributed by atoms with van der Waals surface area (Å²) < 4.78 is 0. The van der Waals surface area contributed by atoms with Gasteiger partial charge < -0.3 is 10.2 Å². The molecular weight excluding hydrogens is 344 g/mol. The van der Waals surface area contributed by atoms with Gasteiger partial charge in [0.15, 0.2) is 0 Å². The SMILES string of the molecule is CC(C)CNC(=O)CCN(C)c1ncnc2sc(-c3ccccc3)cc12. The molecule has 5 nitrogen and oxygen atoms in total. The van der Waals surface area contributed by atoms with Crippen LogP contribution in [0.4, 0.5) is 5.82 Å². The summed E-state index contributed by atoms with van der Waals surface area (Å²) in [4.78, 5) is 25.0. The highest BCUT2D eigenvalue weighted by molar-refractivity contribution is 7.21. The summed E-state index contributed by atoms with van der Waals surface area (Å²) in [5.74, 6) is 1.40. The minimum absolute atomic E-state index is 0.0751. The lowest BCUT2D eigenvalue weighted by atomic mass is 10.2. The molecule has 0 saturated carbocycles. The first-order chi connectivity index (χ1) is 12.5. The maximum atomic E-state index is 12.0. The zero-order chi connectivity index (χ0) is 18.5. The van der Waals surface area contributed by atoms with Crippen molar-refractivity contribution in [1.82, 2.24) is 15.3 Å². The molecule has 2 heterocycles. The maximum Gasteiger partial charge on any atom is 0.221 e. The summed E-state index contributed by atoms with van der Waals surface area (Å²) in [6.07, 6.45) is 2.04. The molecule has 6 heteroatoms. The third-order valence-corrected chi connectivity index (χ3v) is 5.20. The number of thiophene rings is 1. The van der Waals surface area contributed by atoms with Crippen LogP contribution >= 0.6 is 11.3 Å². The predicted molar refractivity (Wildman–Crippen MR) is 109 cm³/mol. The molecule has 0 spiro atoms. The number of carbonyl (C=O) groups excluding carboxylic acids is 1. The predicted octanol–water partition coefficient (Wildman–Crippen LogP) is 3.96. The molecule has 2 aromatic heterocycles. The second kappa shape index (κ2) is 8.27. The average Bonchev–Trinajstić information content (AvgIpc) is 3.09. The highest BCUT2D eigenvalue weighted by Crippen LogP contribution is 2.35. The Bertz CT molecular complexity index is 876. The van der Waals surface area contributed by atoms with Crippen LogP contribution in [0.3, 0.4) is 0 Å². The van der Waals surface area contributed by atoms with E-state index in [0.29, 0.717) is 25.4 Å². The Labute approximate surface area is 158 Å². The molecule has 136 valence electrons. The van der Waals surface area contributed by atoms with Crippen molar-refractivity contribution in [3.05, 3.63) is 42.7 Å². The van der Waals surface area contributed by atoms with E-state index < -0.39 is 0 Å². The Morgan fingerprint density at radius 2 is 2.00 bits per heavy atom. The van der Waals surface area contributed by atoms with E-state index in [4.69, 9.17) is 0 Å². The Kier molecular flexibility index (Phi) is 5.83. The molecular formula is C20H24N4OS. The highest BCUT2D eigenvalue weighted by Gasteiger charge is 2.14. The second-order valence-electron chi connectivity index (χ2n) is 6.76. The van der Waals surface area contributed by atoms with Crippen molar-refractivity contribution in [2.24, 2.45) is 5.92 Å². The standard InChI is InChI=1S/C20H24N4OS/c1-14(2)12-21-18(25)9-10-24(3)19-16-11-17(15-7-5-4-6-8-15)26-20(16)23-13-22-19/h4-8,11,13-14H,9-10,12H2,1-3H3,(H,21,25). The lowest BCUT2D eigenvalue weighted by Crippen LogP contribution is -2.31. The lowest BCUT2D eigenvalue weighted by Gasteiger charge is -2.18. The molecule has 0 aliphatic rings. The largest absolute Gasteiger partial charge is 0.359 e. The Hall–Kier alpha value is -2.47. The van der Waals surface area contributed by atoms with Crippen LogP contribution < -0.4 is 10.2 Å². The van der Waals surface area contributed by atoms with Crippen LogP contribution in [-0.4, -0.2) is 36.0 Å². The van der Waals surface area contributed by atoms with Gasteiger partial charge in [0.2, 0.25) is 5.91 Å². The van der Waals surface area contributed by atoms with Gasteiger partial charge in [-0.05, 0) is 17.5 Å². The van der Waals surface area contributed by atoms with Gasteiger partial charge in [-0.1, -0.05) is 44.2 Å². The second-order valence-corrected chi connectivity index (χ2v) is 7.79. The third-order valence-electron chi connectivity index (χ3n) is 4.11. The van der Waals surface area contributed by atoms with Crippen LogP contribution in [0.1, 0.15) is 20.3 Å². The van der Waals surface area contributed by atoms with Crippen LogP contribution in [0.5, 0.6) is 0 Å². The van der Waals surface area contributed by atoms with E-state index in [9.17, 15) is 4.79 Å². The molecule has 0 aliphatic heterocycles. The summed E-state index contributed by atoms with van der Waals surface area (Å²) in [6.45, 7) is 5.51. The summed E-state index contributed by atoms with van der Waals surface area (Å²) in [5, 5.41) is 3.98. The number of rotatable bonds is 7. The number of hydrogen-bond donors (Lipinski definition) is 1. The normalized spacial score (nSPS) is 11.1. The smallest absolute Gasteiger partial charge is 0.221 e. The van der Waals surface area contributed by atoms with Gasteiger partial charge in [0.1, 0.15) is 17.0 Å². The van der Waals surface area contributed by atoms with E-state index in [-0.39, 0.29) is 5.91 Å². The van der Waals surface area contributed by atoms with Gasteiger partial charge in [0.05, 0.1) is 5.39 Å². The quantitative estimate of drug-likeness (QED) is 0.686. The number of benzene rings is 1. The van der Waals surface area contributed by atoms with Crippen molar-refractivity contribution in [3.8, 4) is 10.4 Å². The van der Waals surface area contributed by atoms with Gasteiger partial charge >= 0.3 is 0 Å². The minimum atomic E-state index is 0.0751. The van der Waals surface area contributed by atoms with Gasteiger partial charge in [0, 0.05) is 31.4 Å². The van der Waals surface area contributed by atoms with Crippen molar-refractivity contribution < 1.29 is 4.79 Å². The molecule has 26 heavy (non-hydrogen) atoms. The topological polar surface area (TPSA) is 58.1 Å². The number of carbonyl (C=O) groups is 1. The van der Waals surface area contributed by atoms with E-state index in [2.05, 4.69) is 47.3 Å². The molecule has 1 N–H and O–H groups in total. The van der Waals surface area contributed by atoms with Crippen molar-refractivity contribution in [3.63, 3.8) is 0 Å². The molecule has 0 saturated heterocycles. The fourth-order valence-electron chi connectivity index (χ4n) is 2.67. The number of anilines is 1. The molecule has 3 aromatic rings. The van der Waals surface area contributed by atoms with E-state index in [0.717, 1.165) is 16.0 Å². The van der Waals surface area contributed by atoms with Crippen LogP contribution in [-0.2, 0) is 4.79 Å². The first-order valence-electron chi connectivity index (χ1n) is 8.82. The van der Waals surface area contributed by atoms with Crippen molar-refractivity contribution in [2.75, 3.05) is 25.0 Å².